The van der Waals surface area contributed by atoms with Crippen LogP contribution >= 0.6 is 0 Å². The molecule has 1 aliphatic heterocycles. The highest BCUT2D eigenvalue weighted by Crippen LogP contribution is 2.43. The standard InChI is InChI=1S/C23H29N3/c1-2-26-21-9-4-3-8-19(21)20-16-18(10-11-22(20)26)23(17-6-5-7-17)25-14-12-24-13-15-25/h3-4,8-11,16-17,23-24H,2,5-7,12-15H2,1H3/t23-/m1/s1. The summed E-state index contributed by atoms with van der Waals surface area (Å²) in [6.07, 6.45) is 4.19. The molecule has 1 saturated heterocycles. The number of hydrogen-bond acceptors (Lipinski definition) is 2. The van der Waals surface area contributed by atoms with Crippen LogP contribution in [0, 0.1) is 5.92 Å². The van der Waals surface area contributed by atoms with E-state index in [4.69, 9.17) is 0 Å². The largest absolute Gasteiger partial charge is 0.341 e. The van der Waals surface area contributed by atoms with Crippen molar-refractivity contribution < 1.29 is 0 Å². The van der Waals surface area contributed by atoms with Crippen molar-refractivity contribution in [1.29, 1.82) is 0 Å². The van der Waals surface area contributed by atoms with Crippen LogP contribution in [0.1, 0.15) is 37.8 Å². The Hall–Kier alpha value is -1.84. The maximum Gasteiger partial charge on any atom is 0.0491 e. The highest BCUT2D eigenvalue weighted by molar-refractivity contribution is 6.08. The molecule has 3 nitrogen and oxygen atoms in total. The molecule has 1 saturated carbocycles. The molecule has 2 aromatic carbocycles. The van der Waals surface area contributed by atoms with Gasteiger partial charge in [0.25, 0.3) is 0 Å². The fourth-order valence-electron chi connectivity index (χ4n) is 5.09. The van der Waals surface area contributed by atoms with E-state index in [-0.39, 0.29) is 0 Å². The first-order chi connectivity index (χ1) is 12.9. The molecule has 1 atom stereocenters. The molecule has 0 unspecified atom stereocenters. The molecule has 0 spiro atoms. The van der Waals surface area contributed by atoms with Crippen LogP contribution < -0.4 is 5.32 Å². The van der Waals surface area contributed by atoms with Gasteiger partial charge in [-0.3, -0.25) is 4.90 Å². The molecule has 3 aromatic rings. The lowest BCUT2D eigenvalue weighted by molar-refractivity contribution is 0.0838. The highest BCUT2D eigenvalue weighted by atomic mass is 15.2. The van der Waals surface area contributed by atoms with E-state index < -0.39 is 0 Å². The predicted molar refractivity (Wildman–Crippen MR) is 110 cm³/mol. The van der Waals surface area contributed by atoms with E-state index in [9.17, 15) is 0 Å². The molecule has 1 aliphatic carbocycles. The predicted octanol–water partition coefficient (Wildman–Crippen LogP) is 4.56. The Balaban J connectivity index is 1.64. The van der Waals surface area contributed by atoms with Crippen molar-refractivity contribution in [3.63, 3.8) is 0 Å². The lowest BCUT2D eigenvalue weighted by Crippen LogP contribution is -2.47. The van der Waals surface area contributed by atoms with E-state index >= 15 is 0 Å². The fourth-order valence-corrected chi connectivity index (χ4v) is 5.09. The molecule has 0 radical (unpaired) electrons. The third kappa shape index (κ3) is 2.57. The molecule has 0 bridgehead atoms. The van der Waals surface area contributed by atoms with E-state index in [0.717, 1.165) is 25.6 Å². The molecule has 0 amide bonds. The zero-order valence-corrected chi connectivity index (χ0v) is 15.7. The van der Waals surface area contributed by atoms with Gasteiger partial charge in [0, 0.05) is 60.6 Å². The van der Waals surface area contributed by atoms with E-state index in [1.165, 1.54) is 59.7 Å². The summed E-state index contributed by atoms with van der Waals surface area (Å²) in [7, 11) is 0. The summed E-state index contributed by atoms with van der Waals surface area (Å²) < 4.78 is 2.46. The van der Waals surface area contributed by atoms with E-state index in [2.05, 4.69) is 64.2 Å². The Morgan fingerprint density at radius 3 is 2.50 bits per heavy atom. The summed E-state index contributed by atoms with van der Waals surface area (Å²) in [4.78, 5) is 2.74. The van der Waals surface area contributed by atoms with Crippen molar-refractivity contribution in [3.05, 3.63) is 48.0 Å². The lowest BCUT2D eigenvalue weighted by Gasteiger charge is -2.43. The summed E-state index contributed by atoms with van der Waals surface area (Å²) in [5.74, 6) is 0.838. The minimum Gasteiger partial charge on any atom is -0.341 e. The minimum atomic E-state index is 0.596. The normalized spacial score (nSPS) is 20.5. The van der Waals surface area contributed by atoms with Gasteiger partial charge in [-0.2, -0.15) is 0 Å². The maximum atomic E-state index is 3.52. The average Bonchev–Trinajstić information content (AvgIpc) is 2.98. The Labute approximate surface area is 156 Å². The Bertz CT molecular complexity index is 916. The number of rotatable bonds is 4. The number of para-hydroxylation sites is 1. The third-order valence-electron chi connectivity index (χ3n) is 6.60. The summed E-state index contributed by atoms with van der Waals surface area (Å²) >= 11 is 0. The van der Waals surface area contributed by atoms with Gasteiger partial charge in [-0.25, -0.2) is 0 Å². The van der Waals surface area contributed by atoms with Crippen LogP contribution in [0.5, 0.6) is 0 Å². The first kappa shape index (κ1) is 16.3. The third-order valence-corrected chi connectivity index (χ3v) is 6.60. The first-order valence-corrected chi connectivity index (χ1v) is 10.3. The number of nitrogens with zero attached hydrogens (tertiary/aromatic N) is 2. The van der Waals surface area contributed by atoms with E-state index in [0.29, 0.717) is 6.04 Å². The Kier molecular flexibility index (Phi) is 4.22. The fraction of sp³-hybridized carbons (Fsp3) is 0.478. The van der Waals surface area contributed by atoms with Gasteiger partial charge in [0.2, 0.25) is 0 Å². The van der Waals surface area contributed by atoms with Crippen LogP contribution in [0.25, 0.3) is 21.8 Å². The van der Waals surface area contributed by atoms with Crippen LogP contribution in [-0.2, 0) is 6.54 Å². The molecular weight excluding hydrogens is 318 g/mol. The molecule has 5 rings (SSSR count). The Morgan fingerprint density at radius 2 is 1.77 bits per heavy atom. The van der Waals surface area contributed by atoms with Crippen molar-refractivity contribution in [2.24, 2.45) is 5.92 Å². The molecule has 2 aliphatic rings. The number of hydrogen-bond donors (Lipinski definition) is 1. The zero-order valence-electron chi connectivity index (χ0n) is 15.7. The van der Waals surface area contributed by atoms with Gasteiger partial charge in [0.15, 0.2) is 0 Å². The summed E-state index contributed by atoms with van der Waals surface area (Å²) in [6.45, 7) is 7.87. The topological polar surface area (TPSA) is 20.2 Å². The monoisotopic (exact) mass is 347 g/mol. The smallest absolute Gasteiger partial charge is 0.0491 e. The van der Waals surface area contributed by atoms with E-state index in [1.807, 2.05) is 0 Å². The first-order valence-electron chi connectivity index (χ1n) is 10.3. The Morgan fingerprint density at radius 1 is 1.00 bits per heavy atom. The van der Waals surface area contributed by atoms with Gasteiger partial charge < -0.3 is 9.88 Å². The van der Waals surface area contributed by atoms with Crippen molar-refractivity contribution in [2.75, 3.05) is 26.2 Å². The molecule has 136 valence electrons. The van der Waals surface area contributed by atoms with Crippen LogP contribution in [-0.4, -0.2) is 35.6 Å². The summed E-state index contributed by atoms with van der Waals surface area (Å²) in [6, 6.07) is 16.8. The van der Waals surface area contributed by atoms with Gasteiger partial charge >= 0.3 is 0 Å². The quantitative estimate of drug-likeness (QED) is 0.746. The molecule has 3 heteroatoms. The SMILES string of the molecule is CCn1c2ccccc2c2cc([C@@H](C3CCC3)N3CCNCC3)ccc21. The summed E-state index contributed by atoms with van der Waals surface area (Å²) in [5.41, 5.74) is 4.28. The van der Waals surface area contributed by atoms with Gasteiger partial charge in [-0.05, 0) is 49.4 Å². The van der Waals surface area contributed by atoms with Crippen LogP contribution in [0.15, 0.2) is 42.5 Å². The number of fused-ring (bicyclic) bond motifs is 3. The number of piperazine rings is 1. The minimum absolute atomic E-state index is 0.596. The van der Waals surface area contributed by atoms with E-state index in [1.54, 1.807) is 0 Å². The van der Waals surface area contributed by atoms with Gasteiger partial charge in [0.05, 0.1) is 0 Å². The van der Waals surface area contributed by atoms with Crippen molar-refractivity contribution >= 4 is 21.8 Å². The number of benzene rings is 2. The van der Waals surface area contributed by atoms with Crippen molar-refractivity contribution in [1.82, 2.24) is 14.8 Å². The lowest BCUT2D eigenvalue weighted by atomic mass is 9.76. The van der Waals surface area contributed by atoms with Crippen LogP contribution in [0.2, 0.25) is 0 Å². The molecule has 2 fully saturated rings. The van der Waals surface area contributed by atoms with Gasteiger partial charge in [-0.15, -0.1) is 0 Å². The van der Waals surface area contributed by atoms with Crippen LogP contribution in [0.3, 0.4) is 0 Å². The molecule has 26 heavy (non-hydrogen) atoms. The van der Waals surface area contributed by atoms with Gasteiger partial charge in [0.1, 0.15) is 0 Å². The second-order valence-electron chi connectivity index (χ2n) is 7.96. The van der Waals surface area contributed by atoms with Crippen molar-refractivity contribution in [3.8, 4) is 0 Å². The zero-order chi connectivity index (χ0) is 17.5. The number of nitrogens with one attached hydrogen (secondary N) is 1. The molecular formula is C23H29N3. The second-order valence-corrected chi connectivity index (χ2v) is 7.96. The average molecular weight is 348 g/mol. The van der Waals surface area contributed by atoms with Crippen molar-refractivity contribution in [2.45, 2.75) is 38.8 Å². The molecule has 1 N–H and O–H groups in total. The second kappa shape index (κ2) is 6.71. The molecule has 1 aromatic heterocycles. The number of aromatic nitrogens is 1. The maximum absolute atomic E-state index is 3.52. The van der Waals surface area contributed by atoms with Gasteiger partial charge in [-0.1, -0.05) is 30.7 Å². The van der Waals surface area contributed by atoms with Crippen LogP contribution in [0.4, 0.5) is 0 Å². The summed E-state index contributed by atoms with van der Waals surface area (Å²) in [5, 5.41) is 6.35. The number of aryl methyl sites for hydroxylation is 1. The molecule has 2 heterocycles. The highest BCUT2D eigenvalue weighted by Gasteiger charge is 2.33.